The molecule has 0 saturated carbocycles. The van der Waals surface area contributed by atoms with Crippen LogP contribution in [0.5, 0.6) is 5.75 Å². The highest BCUT2D eigenvalue weighted by Crippen LogP contribution is 2.20. The molecular weight excluding hydrogens is 418 g/mol. The molecule has 0 aliphatic carbocycles. The first-order valence-corrected chi connectivity index (χ1v) is 9.06. The zero-order valence-electron chi connectivity index (χ0n) is 15.6. The van der Waals surface area contributed by atoms with Crippen LogP contribution in [0.3, 0.4) is 0 Å². The number of rotatable bonds is 5. The molecule has 0 heterocycles. The topological polar surface area (TPSA) is 106 Å². The van der Waals surface area contributed by atoms with E-state index in [9.17, 15) is 14.4 Å². The summed E-state index contributed by atoms with van der Waals surface area (Å²) in [7, 11) is 1.24. The molecule has 0 radical (unpaired) electrons. The third-order valence-electron chi connectivity index (χ3n) is 3.59. The summed E-state index contributed by atoms with van der Waals surface area (Å²) in [4.78, 5) is 35.6. The molecule has 0 fully saturated rings. The summed E-state index contributed by atoms with van der Waals surface area (Å²) < 4.78 is 9.96. The SMILES string of the molecule is COC(=O)c1cccc(C(=O)NC(=S)NNC(=O)COc2ccc(Cl)c(C)c2)c1. The maximum absolute atomic E-state index is 12.2. The number of nitrogens with one attached hydrogen (secondary N) is 3. The van der Waals surface area contributed by atoms with E-state index in [0.717, 1.165) is 5.56 Å². The fraction of sp³-hybridized carbons (Fsp3) is 0.158. The van der Waals surface area contributed by atoms with Crippen molar-refractivity contribution in [2.45, 2.75) is 6.92 Å². The summed E-state index contributed by atoms with van der Waals surface area (Å²) in [6.07, 6.45) is 0. The number of amides is 2. The maximum atomic E-state index is 12.2. The Morgan fingerprint density at radius 2 is 1.79 bits per heavy atom. The van der Waals surface area contributed by atoms with Gasteiger partial charge in [-0.25, -0.2) is 4.79 Å². The summed E-state index contributed by atoms with van der Waals surface area (Å²) in [6.45, 7) is 1.55. The van der Waals surface area contributed by atoms with E-state index in [2.05, 4.69) is 20.9 Å². The van der Waals surface area contributed by atoms with Gasteiger partial charge >= 0.3 is 5.97 Å². The highest BCUT2D eigenvalue weighted by molar-refractivity contribution is 7.80. The van der Waals surface area contributed by atoms with Gasteiger partial charge in [0.25, 0.3) is 11.8 Å². The minimum Gasteiger partial charge on any atom is -0.484 e. The molecule has 0 spiro atoms. The monoisotopic (exact) mass is 435 g/mol. The number of methoxy groups -OCH3 is 1. The third kappa shape index (κ3) is 6.74. The van der Waals surface area contributed by atoms with E-state index in [4.69, 9.17) is 28.6 Å². The van der Waals surface area contributed by atoms with Gasteiger partial charge in [0.15, 0.2) is 11.7 Å². The molecule has 0 aliphatic heterocycles. The highest BCUT2D eigenvalue weighted by atomic mass is 35.5. The number of thiocarbonyl (C=S) groups is 1. The van der Waals surface area contributed by atoms with E-state index in [-0.39, 0.29) is 22.8 Å². The predicted molar refractivity (Wildman–Crippen MR) is 111 cm³/mol. The number of aryl methyl sites for hydroxylation is 1. The van der Waals surface area contributed by atoms with Gasteiger partial charge in [-0.2, -0.15) is 0 Å². The molecule has 0 unspecified atom stereocenters. The van der Waals surface area contributed by atoms with Gasteiger partial charge < -0.3 is 9.47 Å². The Kier molecular flexibility index (Phi) is 7.93. The van der Waals surface area contributed by atoms with Crippen molar-refractivity contribution in [3.63, 3.8) is 0 Å². The van der Waals surface area contributed by atoms with Crippen LogP contribution in [-0.4, -0.2) is 36.6 Å². The minimum absolute atomic E-state index is 0.130. The first kappa shape index (κ1) is 22.1. The van der Waals surface area contributed by atoms with Crippen molar-refractivity contribution in [3.05, 3.63) is 64.2 Å². The number of hydrogen-bond acceptors (Lipinski definition) is 6. The molecular formula is C19H18ClN3O5S. The fourth-order valence-electron chi connectivity index (χ4n) is 2.13. The Morgan fingerprint density at radius 1 is 1.07 bits per heavy atom. The van der Waals surface area contributed by atoms with Crippen molar-refractivity contribution in [1.82, 2.24) is 16.2 Å². The summed E-state index contributed by atoms with van der Waals surface area (Å²) in [5.41, 5.74) is 5.94. The second-order valence-electron chi connectivity index (χ2n) is 5.73. The van der Waals surface area contributed by atoms with E-state index in [1.54, 1.807) is 18.2 Å². The first-order valence-electron chi connectivity index (χ1n) is 8.27. The zero-order chi connectivity index (χ0) is 21.4. The minimum atomic E-state index is -0.566. The molecule has 0 atom stereocenters. The van der Waals surface area contributed by atoms with Gasteiger partial charge in [0.05, 0.1) is 12.7 Å². The van der Waals surface area contributed by atoms with Crippen LogP contribution in [0.4, 0.5) is 0 Å². The smallest absolute Gasteiger partial charge is 0.337 e. The molecule has 0 aromatic heterocycles. The van der Waals surface area contributed by atoms with Crippen LogP contribution in [0, 0.1) is 6.92 Å². The molecule has 2 aromatic carbocycles. The van der Waals surface area contributed by atoms with Gasteiger partial charge in [-0.1, -0.05) is 17.7 Å². The largest absolute Gasteiger partial charge is 0.484 e. The second kappa shape index (κ2) is 10.4. The molecule has 0 aliphatic rings. The quantitative estimate of drug-likeness (QED) is 0.375. The molecule has 10 heteroatoms. The van der Waals surface area contributed by atoms with Gasteiger partial charge in [-0.05, 0) is 61.1 Å². The number of hydrogen-bond donors (Lipinski definition) is 3. The number of halogens is 1. The Bertz CT molecular complexity index is 951. The molecule has 0 saturated heterocycles. The predicted octanol–water partition coefficient (Wildman–Crippen LogP) is 2.15. The van der Waals surface area contributed by atoms with Crippen molar-refractivity contribution >= 4 is 46.7 Å². The van der Waals surface area contributed by atoms with Gasteiger partial charge in [0.1, 0.15) is 5.75 Å². The van der Waals surface area contributed by atoms with Crippen molar-refractivity contribution < 1.29 is 23.9 Å². The molecule has 3 N–H and O–H groups in total. The van der Waals surface area contributed by atoms with Crippen molar-refractivity contribution in [2.24, 2.45) is 0 Å². The summed E-state index contributed by atoms with van der Waals surface area (Å²) in [5, 5.41) is 2.85. The number of carbonyl (C=O) groups is 3. The molecule has 2 aromatic rings. The van der Waals surface area contributed by atoms with Crippen molar-refractivity contribution in [2.75, 3.05) is 13.7 Å². The Morgan fingerprint density at radius 3 is 2.48 bits per heavy atom. The van der Waals surface area contributed by atoms with E-state index in [0.29, 0.717) is 10.8 Å². The average molecular weight is 436 g/mol. The lowest BCUT2D eigenvalue weighted by Crippen LogP contribution is -2.49. The van der Waals surface area contributed by atoms with Crippen LogP contribution < -0.4 is 20.9 Å². The second-order valence-corrected chi connectivity index (χ2v) is 6.54. The Balaban J connectivity index is 1.80. The highest BCUT2D eigenvalue weighted by Gasteiger charge is 2.12. The standard InChI is InChI=1S/C19H18ClN3O5S/c1-11-8-14(6-7-15(11)20)28-10-16(24)22-23-19(29)21-17(25)12-4-3-5-13(9-12)18(26)27-2/h3-9H,10H2,1-2H3,(H,22,24)(H2,21,23,25,29). The molecule has 8 nitrogen and oxygen atoms in total. The average Bonchev–Trinajstić information content (AvgIpc) is 2.72. The van der Waals surface area contributed by atoms with Crippen LogP contribution in [-0.2, 0) is 9.53 Å². The summed E-state index contributed by atoms with van der Waals surface area (Å²) in [6, 6.07) is 10.9. The lowest BCUT2D eigenvalue weighted by atomic mass is 10.1. The lowest BCUT2D eigenvalue weighted by Gasteiger charge is -2.12. The van der Waals surface area contributed by atoms with Gasteiger partial charge in [-0.3, -0.25) is 25.8 Å². The van der Waals surface area contributed by atoms with Crippen LogP contribution in [0.25, 0.3) is 0 Å². The number of esters is 1. The summed E-state index contributed by atoms with van der Waals surface area (Å²) >= 11 is 10.9. The van der Waals surface area contributed by atoms with E-state index in [1.165, 1.54) is 31.4 Å². The van der Waals surface area contributed by atoms with Crippen molar-refractivity contribution in [3.8, 4) is 5.75 Å². The first-order chi connectivity index (χ1) is 13.8. The van der Waals surface area contributed by atoms with Crippen LogP contribution in [0.2, 0.25) is 5.02 Å². The van der Waals surface area contributed by atoms with Gasteiger partial charge in [0, 0.05) is 10.6 Å². The summed E-state index contributed by atoms with van der Waals surface area (Å²) in [5.74, 6) is -1.15. The number of ether oxygens (including phenoxy) is 2. The van der Waals surface area contributed by atoms with Crippen LogP contribution in [0.1, 0.15) is 26.3 Å². The van der Waals surface area contributed by atoms with Gasteiger partial charge in [-0.15, -0.1) is 0 Å². The fourth-order valence-corrected chi connectivity index (χ4v) is 2.39. The number of benzene rings is 2. The molecule has 0 bridgehead atoms. The maximum Gasteiger partial charge on any atom is 0.337 e. The Labute approximate surface area is 177 Å². The molecule has 2 rings (SSSR count). The molecule has 152 valence electrons. The number of hydrazine groups is 1. The van der Waals surface area contributed by atoms with Gasteiger partial charge in [0.2, 0.25) is 0 Å². The van der Waals surface area contributed by atoms with Crippen molar-refractivity contribution in [1.29, 1.82) is 0 Å². The third-order valence-corrected chi connectivity index (χ3v) is 4.22. The van der Waals surface area contributed by atoms with E-state index >= 15 is 0 Å². The number of carbonyl (C=O) groups excluding carboxylic acids is 3. The van der Waals surface area contributed by atoms with Crippen LogP contribution in [0.15, 0.2) is 42.5 Å². The molecule has 2 amide bonds. The Hall–Kier alpha value is -3.17. The molecule has 29 heavy (non-hydrogen) atoms. The van der Waals surface area contributed by atoms with Crippen LogP contribution >= 0.6 is 23.8 Å². The van der Waals surface area contributed by atoms with E-state index in [1.807, 2.05) is 6.92 Å². The van der Waals surface area contributed by atoms with E-state index < -0.39 is 17.8 Å². The normalized spacial score (nSPS) is 9.90. The zero-order valence-corrected chi connectivity index (χ0v) is 17.1. The lowest BCUT2D eigenvalue weighted by molar-refractivity contribution is -0.123.